The van der Waals surface area contributed by atoms with Crippen LogP contribution < -0.4 is 5.32 Å². The highest BCUT2D eigenvalue weighted by molar-refractivity contribution is 8.23. The van der Waals surface area contributed by atoms with Gasteiger partial charge < -0.3 is 15.0 Å². The van der Waals surface area contributed by atoms with Gasteiger partial charge in [-0.25, -0.2) is 0 Å². The second-order valence-electron chi connectivity index (χ2n) is 6.00. The number of Topliss-reactive ketones (excluding diaryl/α,β-unsaturated/α-hetero) is 1. The van der Waals surface area contributed by atoms with Crippen LogP contribution in [0.3, 0.4) is 0 Å². The number of nitrogens with one attached hydrogen (secondary N) is 1. The minimum absolute atomic E-state index is 0.0467. The number of esters is 1. The smallest absolute Gasteiger partial charge is 0.317 e. The van der Waals surface area contributed by atoms with E-state index in [-0.39, 0.29) is 11.5 Å². The van der Waals surface area contributed by atoms with E-state index in [0.717, 1.165) is 25.9 Å². The normalized spacial score (nSPS) is 14.6. The number of carbonyl (C=O) groups is 3. The van der Waals surface area contributed by atoms with E-state index < -0.39 is 18.0 Å². The van der Waals surface area contributed by atoms with Crippen molar-refractivity contribution in [2.24, 2.45) is 0 Å². The number of hydrogen-bond donors (Lipinski definition) is 1. The molecular weight excluding hydrogens is 372 g/mol. The van der Waals surface area contributed by atoms with Crippen LogP contribution in [0.15, 0.2) is 24.3 Å². The van der Waals surface area contributed by atoms with Gasteiger partial charge in [0.2, 0.25) is 0 Å². The number of thioether (sulfide) groups is 1. The summed E-state index contributed by atoms with van der Waals surface area (Å²) in [5, 5.41) is 2.65. The van der Waals surface area contributed by atoms with Gasteiger partial charge in [-0.2, -0.15) is 0 Å². The summed E-state index contributed by atoms with van der Waals surface area (Å²) in [4.78, 5) is 37.3. The Morgan fingerprint density at radius 1 is 1.23 bits per heavy atom. The van der Waals surface area contributed by atoms with Crippen LogP contribution in [0.5, 0.6) is 0 Å². The molecule has 26 heavy (non-hydrogen) atoms. The molecule has 1 saturated heterocycles. The molecule has 1 heterocycles. The van der Waals surface area contributed by atoms with Crippen molar-refractivity contribution < 1.29 is 19.1 Å². The molecule has 8 heteroatoms. The molecule has 0 aliphatic carbocycles. The summed E-state index contributed by atoms with van der Waals surface area (Å²) in [5.74, 6) is -0.873. The van der Waals surface area contributed by atoms with Gasteiger partial charge in [0.15, 0.2) is 11.9 Å². The lowest BCUT2D eigenvalue weighted by molar-refractivity contribution is -0.150. The summed E-state index contributed by atoms with van der Waals surface area (Å²) in [7, 11) is 0. The fourth-order valence-electron chi connectivity index (χ4n) is 2.43. The van der Waals surface area contributed by atoms with Gasteiger partial charge in [-0.15, -0.1) is 0 Å². The van der Waals surface area contributed by atoms with Crippen molar-refractivity contribution in [1.82, 2.24) is 4.90 Å². The third-order valence-electron chi connectivity index (χ3n) is 3.91. The van der Waals surface area contributed by atoms with Crippen LogP contribution in [0.4, 0.5) is 5.69 Å². The molecule has 1 N–H and O–H groups in total. The maximum absolute atomic E-state index is 12.1. The first-order valence-electron chi connectivity index (χ1n) is 8.40. The zero-order chi connectivity index (χ0) is 19.1. The summed E-state index contributed by atoms with van der Waals surface area (Å²) >= 11 is 6.55. The average molecular weight is 395 g/mol. The van der Waals surface area contributed by atoms with Gasteiger partial charge in [0.05, 0.1) is 5.75 Å². The van der Waals surface area contributed by atoms with Crippen molar-refractivity contribution in [1.29, 1.82) is 0 Å². The van der Waals surface area contributed by atoms with Gasteiger partial charge in [-0.1, -0.05) is 24.0 Å². The molecule has 0 aromatic heterocycles. The van der Waals surface area contributed by atoms with Crippen molar-refractivity contribution in [3.8, 4) is 0 Å². The molecule has 6 nitrogen and oxygen atoms in total. The Bertz CT molecular complexity index is 685. The van der Waals surface area contributed by atoms with Crippen molar-refractivity contribution in [3.05, 3.63) is 29.8 Å². The predicted octanol–water partition coefficient (Wildman–Crippen LogP) is 2.87. The van der Waals surface area contributed by atoms with Gasteiger partial charge in [0, 0.05) is 24.3 Å². The van der Waals surface area contributed by atoms with Crippen LogP contribution in [-0.4, -0.2) is 51.8 Å². The highest BCUT2D eigenvalue weighted by Gasteiger charge is 2.20. The topological polar surface area (TPSA) is 75.7 Å². The molecule has 0 saturated carbocycles. The van der Waals surface area contributed by atoms with Crippen LogP contribution in [0.2, 0.25) is 0 Å². The fraction of sp³-hybridized carbons (Fsp3) is 0.444. The molecule has 0 bridgehead atoms. The standard InChI is InChI=1S/C18H22N2O4S2/c1-12(21)14-5-7-15(8-6-14)19-17(23)13(2)24-16(22)11-26-18(25)20-9-3-4-10-20/h5-8,13H,3-4,9-11H2,1-2H3,(H,19,23)/t13-/m1/s1. The highest BCUT2D eigenvalue weighted by atomic mass is 32.2. The number of amides is 1. The second kappa shape index (κ2) is 9.68. The lowest BCUT2D eigenvalue weighted by atomic mass is 10.1. The van der Waals surface area contributed by atoms with E-state index >= 15 is 0 Å². The third-order valence-corrected chi connectivity index (χ3v) is 5.41. The molecule has 1 fully saturated rings. The summed E-state index contributed by atoms with van der Waals surface area (Å²) < 4.78 is 5.85. The Morgan fingerprint density at radius 3 is 2.42 bits per heavy atom. The molecule has 1 amide bonds. The lowest BCUT2D eigenvalue weighted by Gasteiger charge is -2.18. The minimum Gasteiger partial charge on any atom is -0.452 e. The molecule has 1 aromatic rings. The third kappa shape index (κ3) is 6.10. The lowest BCUT2D eigenvalue weighted by Crippen LogP contribution is -2.31. The molecule has 1 aromatic carbocycles. The molecule has 0 spiro atoms. The number of anilines is 1. The number of nitrogens with zero attached hydrogens (tertiary/aromatic N) is 1. The molecule has 0 unspecified atom stereocenters. The Kier molecular flexibility index (Phi) is 7.59. The van der Waals surface area contributed by atoms with Crippen LogP contribution >= 0.6 is 24.0 Å². The first-order chi connectivity index (χ1) is 12.4. The first-order valence-corrected chi connectivity index (χ1v) is 9.79. The SMILES string of the molecule is CC(=O)c1ccc(NC(=O)[C@@H](C)OC(=O)CSC(=S)N2CCCC2)cc1. The summed E-state index contributed by atoms with van der Waals surface area (Å²) in [6.07, 6.45) is 1.32. The fourth-order valence-corrected chi connectivity index (χ4v) is 3.46. The van der Waals surface area contributed by atoms with Crippen LogP contribution in [0.1, 0.15) is 37.0 Å². The molecule has 140 valence electrons. The zero-order valence-corrected chi connectivity index (χ0v) is 16.5. The van der Waals surface area contributed by atoms with Gasteiger partial charge in [-0.3, -0.25) is 14.4 Å². The second-order valence-corrected chi connectivity index (χ2v) is 7.61. The first kappa shape index (κ1) is 20.4. The molecule has 0 radical (unpaired) electrons. The zero-order valence-electron chi connectivity index (χ0n) is 14.8. The predicted molar refractivity (Wildman–Crippen MR) is 106 cm³/mol. The monoisotopic (exact) mass is 394 g/mol. The van der Waals surface area contributed by atoms with E-state index in [1.54, 1.807) is 24.3 Å². The van der Waals surface area contributed by atoms with Crippen molar-refractivity contribution in [2.75, 3.05) is 24.2 Å². The summed E-state index contributed by atoms with van der Waals surface area (Å²) in [5.41, 5.74) is 1.10. The molecule has 1 aliphatic heterocycles. The molecule has 2 rings (SSSR count). The largest absolute Gasteiger partial charge is 0.452 e. The average Bonchev–Trinajstić information content (AvgIpc) is 3.14. The number of likely N-dealkylation sites (tertiary alicyclic amines) is 1. The van der Waals surface area contributed by atoms with Gasteiger partial charge in [0.25, 0.3) is 5.91 Å². The Labute approximate surface area is 162 Å². The summed E-state index contributed by atoms with van der Waals surface area (Å²) in [6.45, 7) is 4.85. The number of hydrogen-bond acceptors (Lipinski definition) is 6. The number of ketones is 1. The quantitative estimate of drug-likeness (QED) is 0.452. The highest BCUT2D eigenvalue weighted by Crippen LogP contribution is 2.17. The van der Waals surface area contributed by atoms with E-state index in [2.05, 4.69) is 10.2 Å². The molecule has 1 atom stereocenters. The summed E-state index contributed by atoms with van der Waals surface area (Å²) in [6, 6.07) is 6.52. The van der Waals surface area contributed by atoms with Crippen molar-refractivity contribution >= 4 is 51.6 Å². The van der Waals surface area contributed by atoms with Crippen molar-refractivity contribution in [2.45, 2.75) is 32.8 Å². The minimum atomic E-state index is -0.920. The number of thiocarbonyl (C=S) groups is 1. The maximum Gasteiger partial charge on any atom is 0.317 e. The number of rotatable bonds is 6. The van der Waals surface area contributed by atoms with Crippen LogP contribution in [0, 0.1) is 0 Å². The van der Waals surface area contributed by atoms with Gasteiger partial charge >= 0.3 is 5.97 Å². The van der Waals surface area contributed by atoms with Gasteiger partial charge in [-0.05, 0) is 51.0 Å². The van der Waals surface area contributed by atoms with Crippen LogP contribution in [0.25, 0.3) is 0 Å². The number of carbonyl (C=O) groups excluding carboxylic acids is 3. The van der Waals surface area contributed by atoms with E-state index in [9.17, 15) is 14.4 Å². The van der Waals surface area contributed by atoms with Crippen molar-refractivity contribution in [3.63, 3.8) is 0 Å². The van der Waals surface area contributed by atoms with E-state index in [4.69, 9.17) is 17.0 Å². The molecule has 1 aliphatic rings. The number of benzene rings is 1. The van der Waals surface area contributed by atoms with E-state index in [1.807, 2.05) is 0 Å². The molecular formula is C18H22N2O4S2. The number of ether oxygens (including phenoxy) is 1. The maximum atomic E-state index is 12.1. The Morgan fingerprint density at radius 2 is 1.85 bits per heavy atom. The van der Waals surface area contributed by atoms with Gasteiger partial charge in [0.1, 0.15) is 4.32 Å². The van der Waals surface area contributed by atoms with E-state index in [0.29, 0.717) is 15.6 Å². The Balaban J connectivity index is 1.75. The van der Waals surface area contributed by atoms with E-state index in [1.165, 1.54) is 25.6 Å². The van der Waals surface area contributed by atoms with Crippen LogP contribution in [-0.2, 0) is 14.3 Å². The Hall–Kier alpha value is -1.93.